The average Bonchev–Trinajstić information content (AvgIpc) is 3.02. The molecule has 0 saturated carbocycles. The Morgan fingerprint density at radius 2 is 2.05 bits per heavy atom. The van der Waals surface area contributed by atoms with Gasteiger partial charge in [0.15, 0.2) is 0 Å². The third-order valence-electron chi connectivity index (χ3n) is 4.28. The van der Waals surface area contributed by atoms with E-state index in [9.17, 15) is 8.42 Å². The van der Waals surface area contributed by atoms with Crippen molar-refractivity contribution >= 4 is 21.6 Å². The number of piperidine rings is 1. The number of hydrogen-bond donors (Lipinski definition) is 1. The van der Waals surface area contributed by atoms with E-state index in [1.54, 1.807) is 0 Å². The van der Waals surface area contributed by atoms with Crippen LogP contribution in [-0.4, -0.2) is 56.7 Å². The molecule has 2 saturated heterocycles. The smallest absolute Gasteiger partial charge is 0.242 e. The van der Waals surface area contributed by atoms with Gasteiger partial charge in [-0.3, -0.25) is 4.90 Å². The molecule has 2 aliphatic heterocycles. The van der Waals surface area contributed by atoms with Crippen LogP contribution >= 0.6 is 11.6 Å². The van der Waals surface area contributed by atoms with Crippen LogP contribution in [0.1, 0.15) is 19.3 Å². The Morgan fingerprint density at radius 3 is 2.64 bits per heavy atom. The minimum atomic E-state index is -3.53. The molecule has 122 valence electrons. The number of halogens is 1. The number of pyridine rings is 1. The van der Waals surface area contributed by atoms with E-state index in [2.05, 4.69) is 14.6 Å². The molecule has 1 aromatic heterocycles. The predicted octanol–water partition coefficient (Wildman–Crippen LogP) is 1.27. The van der Waals surface area contributed by atoms with Gasteiger partial charge in [0.25, 0.3) is 0 Å². The van der Waals surface area contributed by atoms with E-state index in [-0.39, 0.29) is 16.1 Å². The SMILES string of the molecule is O=S(=O)(NC1CCN([C@H]2CCOC2)CC1)c1ccc(Cl)nc1. The molecule has 8 heteroatoms. The van der Waals surface area contributed by atoms with Gasteiger partial charge in [0.1, 0.15) is 10.0 Å². The number of nitrogens with zero attached hydrogens (tertiary/aromatic N) is 2. The maximum absolute atomic E-state index is 12.3. The van der Waals surface area contributed by atoms with Crippen LogP contribution in [-0.2, 0) is 14.8 Å². The van der Waals surface area contributed by atoms with Crippen LogP contribution in [0.3, 0.4) is 0 Å². The highest BCUT2D eigenvalue weighted by Crippen LogP contribution is 2.20. The predicted molar refractivity (Wildman–Crippen MR) is 83.4 cm³/mol. The van der Waals surface area contributed by atoms with Gasteiger partial charge in [-0.2, -0.15) is 0 Å². The molecule has 22 heavy (non-hydrogen) atoms. The molecule has 0 bridgehead atoms. The first kappa shape index (κ1) is 16.1. The molecule has 3 heterocycles. The van der Waals surface area contributed by atoms with Crippen molar-refractivity contribution < 1.29 is 13.2 Å². The lowest BCUT2D eigenvalue weighted by molar-refractivity contribution is 0.120. The zero-order chi connectivity index (χ0) is 15.6. The molecule has 1 N–H and O–H groups in total. The highest BCUT2D eigenvalue weighted by molar-refractivity contribution is 7.89. The maximum atomic E-state index is 12.3. The monoisotopic (exact) mass is 345 g/mol. The molecular formula is C14H20ClN3O3S. The summed E-state index contributed by atoms with van der Waals surface area (Å²) in [4.78, 5) is 6.39. The van der Waals surface area contributed by atoms with E-state index in [0.29, 0.717) is 6.04 Å². The topological polar surface area (TPSA) is 71.5 Å². The number of rotatable bonds is 4. The van der Waals surface area contributed by atoms with E-state index >= 15 is 0 Å². The van der Waals surface area contributed by atoms with Crippen molar-refractivity contribution in [3.63, 3.8) is 0 Å². The third-order valence-corrected chi connectivity index (χ3v) is 6.01. The number of ether oxygens (including phenoxy) is 1. The molecule has 0 amide bonds. The van der Waals surface area contributed by atoms with E-state index < -0.39 is 10.0 Å². The fourth-order valence-corrected chi connectivity index (χ4v) is 4.36. The van der Waals surface area contributed by atoms with Crippen LogP contribution in [0.2, 0.25) is 5.15 Å². The van der Waals surface area contributed by atoms with Gasteiger partial charge in [0, 0.05) is 38.0 Å². The van der Waals surface area contributed by atoms with Crippen molar-refractivity contribution in [3.8, 4) is 0 Å². The summed E-state index contributed by atoms with van der Waals surface area (Å²) in [5.41, 5.74) is 0. The van der Waals surface area contributed by atoms with Gasteiger partial charge in [-0.25, -0.2) is 18.1 Å². The van der Waals surface area contributed by atoms with Crippen LogP contribution in [0.4, 0.5) is 0 Å². The van der Waals surface area contributed by atoms with E-state index in [1.165, 1.54) is 18.3 Å². The zero-order valence-electron chi connectivity index (χ0n) is 12.2. The molecular weight excluding hydrogens is 326 g/mol. The first-order valence-corrected chi connectivity index (χ1v) is 9.36. The van der Waals surface area contributed by atoms with Gasteiger partial charge in [-0.1, -0.05) is 11.6 Å². The fraction of sp³-hybridized carbons (Fsp3) is 0.643. The standard InChI is InChI=1S/C14H20ClN3O3S/c15-14-2-1-13(9-16-14)22(19,20)17-11-3-6-18(7-4-11)12-5-8-21-10-12/h1-2,9,11-12,17H,3-8,10H2/t12-/m0/s1. The number of likely N-dealkylation sites (tertiary alicyclic amines) is 1. The van der Waals surface area contributed by atoms with Crippen molar-refractivity contribution in [2.24, 2.45) is 0 Å². The minimum Gasteiger partial charge on any atom is -0.380 e. The first-order chi connectivity index (χ1) is 10.5. The lowest BCUT2D eigenvalue weighted by Gasteiger charge is -2.35. The molecule has 1 aromatic rings. The number of hydrogen-bond acceptors (Lipinski definition) is 5. The summed E-state index contributed by atoms with van der Waals surface area (Å²) in [6.07, 6.45) is 4.00. The summed E-state index contributed by atoms with van der Waals surface area (Å²) in [6, 6.07) is 3.43. The second kappa shape index (κ2) is 6.80. The summed E-state index contributed by atoms with van der Waals surface area (Å²) < 4.78 is 32.8. The van der Waals surface area contributed by atoms with Crippen molar-refractivity contribution in [1.82, 2.24) is 14.6 Å². The Balaban J connectivity index is 1.56. The van der Waals surface area contributed by atoms with Crippen molar-refractivity contribution in [1.29, 1.82) is 0 Å². The summed E-state index contributed by atoms with van der Waals surface area (Å²) >= 11 is 5.69. The molecule has 0 spiro atoms. The summed E-state index contributed by atoms with van der Waals surface area (Å²) in [5, 5.41) is 0.283. The van der Waals surface area contributed by atoms with Gasteiger partial charge in [0.05, 0.1) is 6.61 Å². The quantitative estimate of drug-likeness (QED) is 0.832. The van der Waals surface area contributed by atoms with Gasteiger partial charge in [0.2, 0.25) is 10.0 Å². The summed E-state index contributed by atoms with van der Waals surface area (Å²) in [6.45, 7) is 3.44. The molecule has 0 unspecified atom stereocenters. The highest BCUT2D eigenvalue weighted by Gasteiger charge is 2.29. The number of aromatic nitrogens is 1. The molecule has 3 rings (SSSR count). The Bertz CT molecular complexity index is 594. The Morgan fingerprint density at radius 1 is 1.27 bits per heavy atom. The Labute approximate surface area is 135 Å². The third kappa shape index (κ3) is 3.78. The molecule has 2 fully saturated rings. The van der Waals surface area contributed by atoms with Gasteiger partial charge in [-0.15, -0.1) is 0 Å². The van der Waals surface area contributed by atoms with Crippen LogP contribution in [0.25, 0.3) is 0 Å². The van der Waals surface area contributed by atoms with Crippen LogP contribution in [0.15, 0.2) is 23.2 Å². The normalized spacial score (nSPS) is 24.7. The van der Waals surface area contributed by atoms with Crippen molar-refractivity contribution in [2.45, 2.75) is 36.2 Å². The summed E-state index contributed by atoms with van der Waals surface area (Å²) in [5.74, 6) is 0. The van der Waals surface area contributed by atoms with Gasteiger partial charge >= 0.3 is 0 Å². The van der Waals surface area contributed by atoms with Crippen LogP contribution in [0.5, 0.6) is 0 Å². The van der Waals surface area contributed by atoms with Crippen molar-refractivity contribution in [2.75, 3.05) is 26.3 Å². The molecule has 0 aliphatic carbocycles. The molecule has 0 radical (unpaired) electrons. The number of sulfonamides is 1. The zero-order valence-corrected chi connectivity index (χ0v) is 13.8. The Kier molecular flexibility index (Phi) is 4.99. The van der Waals surface area contributed by atoms with Gasteiger partial charge < -0.3 is 4.74 Å². The van der Waals surface area contributed by atoms with Gasteiger partial charge in [-0.05, 0) is 31.4 Å². The van der Waals surface area contributed by atoms with E-state index in [4.69, 9.17) is 16.3 Å². The lowest BCUT2D eigenvalue weighted by atomic mass is 10.0. The highest BCUT2D eigenvalue weighted by atomic mass is 35.5. The summed E-state index contributed by atoms with van der Waals surface area (Å²) in [7, 11) is -3.53. The maximum Gasteiger partial charge on any atom is 0.242 e. The first-order valence-electron chi connectivity index (χ1n) is 7.50. The lowest BCUT2D eigenvalue weighted by Crippen LogP contribution is -2.48. The van der Waals surface area contributed by atoms with Crippen LogP contribution < -0.4 is 4.72 Å². The number of nitrogens with one attached hydrogen (secondary N) is 1. The van der Waals surface area contributed by atoms with Crippen LogP contribution in [0, 0.1) is 0 Å². The van der Waals surface area contributed by atoms with E-state index in [0.717, 1.165) is 45.6 Å². The van der Waals surface area contributed by atoms with Crippen molar-refractivity contribution in [3.05, 3.63) is 23.5 Å². The average molecular weight is 346 g/mol. The van der Waals surface area contributed by atoms with E-state index in [1.807, 2.05) is 0 Å². The molecule has 1 atom stereocenters. The fourth-order valence-electron chi connectivity index (χ4n) is 3.00. The Hall–Kier alpha value is -0.730. The minimum absolute atomic E-state index is 0.0285. The second-order valence-corrected chi connectivity index (χ2v) is 7.87. The molecule has 2 aliphatic rings. The molecule has 0 aromatic carbocycles. The second-order valence-electron chi connectivity index (χ2n) is 5.77. The molecule has 6 nitrogen and oxygen atoms in total. The largest absolute Gasteiger partial charge is 0.380 e.